The summed E-state index contributed by atoms with van der Waals surface area (Å²) in [6, 6.07) is 9.38. The van der Waals surface area contributed by atoms with Gasteiger partial charge in [0.15, 0.2) is 0 Å². The number of anilines is 1. The molecule has 1 aromatic carbocycles. The van der Waals surface area contributed by atoms with Gasteiger partial charge in [-0.3, -0.25) is 4.79 Å². The first-order valence-corrected chi connectivity index (χ1v) is 5.72. The van der Waals surface area contributed by atoms with Gasteiger partial charge in [0.25, 0.3) is 0 Å². The van der Waals surface area contributed by atoms with Crippen LogP contribution in [0.3, 0.4) is 0 Å². The highest BCUT2D eigenvalue weighted by atomic mass is 16.6. The van der Waals surface area contributed by atoms with Crippen molar-refractivity contribution in [1.29, 1.82) is 0 Å². The van der Waals surface area contributed by atoms with E-state index in [-0.39, 0.29) is 6.04 Å². The van der Waals surface area contributed by atoms with Gasteiger partial charge in [-0.2, -0.15) is 0 Å². The van der Waals surface area contributed by atoms with Gasteiger partial charge < -0.3 is 9.64 Å². The van der Waals surface area contributed by atoms with Crippen molar-refractivity contribution in [3.63, 3.8) is 0 Å². The number of rotatable bonds is 2. The van der Waals surface area contributed by atoms with Gasteiger partial charge >= 0.3 is 11.9 Å². The third kappa shape index (κ3) is 2.64. The fraction of sp³-hybridized carbons (Fsp3) is 0.385. The summed E-state index contributed by atoms with van der Waals surface area (Å²) in [5, 5.41) is 0. The maximum atomic E-state index is 11.8. The van der Waals surface area contributed by atoms with Gasteiger partial charge in [-0.25, -0.2) is 4.79 Å². The van der Waals surface area contributed by atoms with Gasteiger partial charge in [0.05, 0.1) is 0 Å². The third-order valence-corrected chi connectivity index (χ3v) is 2.86. The Morgan fingerprint density at radius 1 is 1.29 bits per heavy atom. The maximum Gasteiger partial charge on any atom is 0.336 e. The lowest BCUT2D eigenvalue weighted by molar-refractivity contribution is -0.158. The molecule has 0 bridgehead atoms. The summed E-state index contributed by atoms with van der Waals surface area (Å²) in [6.45, 7) is 2.07. The standard InChI is InChI=1S/C13H15NO3/c1-10(15)17-13(16)12-8-5-9-14(12)11-6-3-2-4-7-11/h2-4,6-7,12H,5,8-9H2,1H3. The number of hydrogen-bond acceptors (Lipinski definition) is 4. The Balaban J connectivity index is 2.13. The molecule has 4 heteroatoms. The topological polar surface area (TPSA) is 46.6 Å². The van der Waals surface area contributed by atoms with Crippen molar-refractivity contribution in [2.75, 3.05) is 11.4 Å². The van der Waals surface area contributed by atoms with Crippen LogP contribution in [0.2, 0.25) is 0 Å². The molecular weight excluding hydrogens is 218 g/mol. The lowest BCUT2D eigenvalue weighted by Crippen LogP contribution is -2.37. The van der Waals surface area contributed by atoms with Gasteiger partial charge in [0.2, 0.25) is 0 Å². The molecule has 0 aromatic heterocycles. The quantitative estimate of drug-likeness (QED) is 0.576. The van der Waals surface area contributed by atoms with Crippen LogP contribution in [0.25, 0.3) is 0 Å². The zero-order chi connectivity index (χ0) is 12.3. The van der Waals surface area contributed by atoms with Crippen LogP contribution in [0, 0.1) is 0 Å². The van der Waals surface area contributed by atoms with Crippen molar-refractivity contribution in [1.82, 2.24) is 0 Å². The maximum absolute atomic E-state index is 11.8. The van der Waals surface area contributed by atoms with Gasteiger partial charge in [0, 0.05) is 19.2 Å². The first kappa shape index (κ1) is 11.6. The van der Waals surface area contributed by atoms with E-state index in [1.165, 1.54) is 6.92 Å². The summed E-state index contributed by atoms with van der Waals surface area (Å²) in [5.41, 5.74) is 0.996. The van der Waals surface area contributed by atoms with E-state index in [2.05, 4.69) is 4.74 Å². The Bertz CT molecular complexity index is 416. The van der Waals surface area contributed by atoms with E-state index in [1.54, 1.807) is 0 Å². The van der Waals surface area contributed by atoms with Crippen molar-refractivity contribution in [3.8, 4) is 0 Å². The number of carbonyl (C=O) groups is 2. The molecule has 0 saturated carbocycles. The summed E-state index contributed by atoms with van der Waals surface area (Å²) < 4.78 is 4.67. The molecule has 1 atom stereocenters. The molecule has 0 radical (unpaired) electrons. The summed E-state index contributed by atoms with van der Waals surface area (Å²) in [5.74, 6) is -0.992. The van der Waals surface area contributed by atoms with E-state index >= 15 is 0 Å². The molecule has 1 unspecified atom stereocenters. The largest absolute Gasteiger partial charge is 0.392 e. The van der Waals surface area contributed by atoms with E-state index < -0.39 is 11.9 Å². The van der Waals surface area contributed by atoms with Crippen molar-refractivity contribution in [3.05, 3.63) is 30.3 Å². The summed E-state index contributed by atoms with van der Waals surface area (Å²) in [7, 11) is 0. The van der Waals surface area contributed by atoms with Crippen molar-refractivity contribution >= 4 is 17.6 Å². The van der Waals surface area contributed by atoms with Crippen LogP contribution >= 0.6 is 0 Å². The molecule has 0 amide bonds. The molecule has 1 saturated heterocycles. The van der Waals surface area contributed by atoms with Gasteiger partial charge in [-0.1, -0.05) is 18.2 Å². The predicted molar refractivity (Wildman–Crippen MR) is 63.6 cm³/mol. The van der Waals surface area contributed by atoms with E-state index in [9.17, 15) is 9.59 Å². The molecule has 90 valence electrons. The van der Waals surface area contributed by atoms with Crippen molar-refractivity contribution < 1.29 is 14.3 Å². The van der Waals surface area contributed by atoms with E-state index in [0.717, 1.165) is 25.1 Å². The highest BCUT2D eigenvalue weighted by Gasteiger charge is 2.32. The van der Waals surface area contributed by atoms with Crippen LogP contribution in [0.4, 0.5) is 5.69 Å². The molecule has 1 heterocycles. The molecule has 4 nitrogen and oxygen atoms in total. The fourth-order valence-electron chi connectivity index (χ4n) is 2.15. The number of benzene rings is 1. The van der Waals surface area contributed by atoms with Crippen LogP contribution in [0.5, 0.6) is 0 Å². The average molecular weight is 233 g/mol. The average Bonchev–Trinajstić information content (AvgIpc) is 2.78. The molecule has 2 rings (SSSR count). The highest BCUT2D eigenvalue weighted by molar-refractivity contribution is 5.89. The molecule has 0 N–H and O–H groups in total. The van der Waals surface area contributed by atoms with Gasteiger partial charge in [-0.05, 0) is 25.0 Å². The highest BCUT2D eigenvalue weighted by Crippen LogP contribution is 2.25. The lowest BCUT2D eigenvalue weighted by atomic mass is 10.2. The molecule has 1 aliphatic heterocycles. The van der Waals surface area contributed by atoms with Crippen molar-refractivity contribution in [2.45, 2.75) is 25.8 Å². The van der Waals surface area contributed by atoms with E-state index in [0.29, 0.717) is 0 Å². The van der Waals surface area contributed by atoms with Crippen LogP contribution < -0.4 is 4.90 Å². The Labute approximate surface area is 100 Å². The smallest absolute Gasteiger partial charge is 0.336 e. The second-order valence-electron chi connectivity index (χ2n) is 4.10. The normalized spacial score (nSPS) is 19.1. The molecule has 1 aliphatic rings. The van der Waals surface area contributed by atoms with E-state index in [1.807, 2.05) is 35.2 Å². The van der Waals surface area contributed by atoms with Crippen LogP contribution in [-0.4, -0.2) is 24.5 Å². The van der Waals surface area contributed by atoms with Crippen LogP contribution in [0.1, 0.15) is 19.8 Å². The first-order valence-electron chi connectivity index (χ1n) is 5.72. The molecule has 0 spiro atoms. The second-order valence-corrected chi connectivity index (χ2v) is 4.10. The van der Waals surface area contributed by atoms with Crippen molar-refractivity contribution in [2.24, 2.45) is 0 Å². The summed E-state index contributed by atoms with van der Waals surface area (Å²) in [4.78, 5) is 24.5. The Hall–Kier alpha value is -1.84. The number of ether oxygens (including phenoxy) is 1. The number of nitrogens with zero attached hydrogens (tertiary/aromatic N) is 1. The number of hydrogen-bond donors (Lipinski definition) is 0. The summed E-state index contributed by atoms with van der Waals surface area (Å²) >= 11 is 0. The fourth-order valence-corrected chi connectivity index (χ4v) is 2.15. The Kier molecular flexibility index (Phi) is 3.42. The SMILES string of the molecule is CC(=O)OC(=O)C1CCCN1c1ccccc1. The number of esters is 2. The molecular formula is C13H15NO3. The summed E-state index contributed by atoms with van der Waals surface area (Å²) in [6.07, 6.45) is 1.67. The molecule has 1 fully saturated rings. The Morgan fingerprint density at radius 3 is 2.65 bits per heavy atom. The predicted octanol–water partition coefficient (Wildman–Crippen LogP) is 1.75. The third-order valence-electron chi connectivity index (χ3n) is 2.86. The van der Waals surface area contributed by atoms with Gasteiger partial charge in [0.1, 0.15) is 6.04 Å². The zero-order valence-electron chi connectivity index (χ0n) is 9.76. The lowest BCUT2D eigenvalue weighted by Gasteiger charge is -2.24. The minimum Gasteiger partial charge on any atom is -0.392 e. The monoisotopic (exact) mass is 233 g/mol. The van der Waals surface area contributed by atoms with E-state index in [4.69, 9.17) is 0 Å². The molecule has 0 aliphatic carbocycles. The van der Waals surface area contributed by atoms with Crippen LogP contribution in [0.15, 0.2) is 30.3 Å². The number of para-hydroxylation sites is 1. The zero-order valence-corrected chi connectivity index (χ0v) is 9.76. The number of carbonyl (C=O) groups excluding carboxylic acids is 2. The molecule has 1 aromatic rings. The van der Waals surface area contributed by atoms with Gasteiger partial charge in [-0.15, -0.1) is 0 Å². The van der Waals surface area contributed by atoms with Crippen LogP contribution in [-0.2, 0) is 14.3 Å². The minimum atomic E-state index is -0.546. The minimum absolute atomic E-state index is 0.332. The molecule has 17 heavy (non-hydrogen) atoms. The first-order chi connectivity index (χ1) is 8.18. The Morgan fingerprint density at radius 2 is 2.00 bits per heavy atom. The second kappa shape index (κ2) is 4.99.